The fraction of sp³-hybridized carbons (Fsp3) is 0.788. The molecule has 196 valence electrons. The highest BCUT2D eigenvalue weighted by Gasteiger charge is 2.62. The van der Waals surface area contributed by atoms with E-state index in [2.05, 4.69) is 73.6 Å². The van der Waals surface area contributed by atoms with Crippen molar-refractivity contribution in [3.63, 3.8) is 0 Å². The molecule has 8 unspecified atom stereocenters. The summed E-state index contributed by atoms with van der Waals surface area (Å²) in [5.41, 5.74) is 5.81. The molecule has 2 nitrogen and oxygen atoms in total. The Balaban J connectivity index is 1.58. The lowest BCUT2D eigenvalue weighted by atomic mass is 9.46. The van der Waals surface area contributed by atoms with Gasteiger partial charge < -0.3 is 4.74 Å². The summed E-state index contributed by atoms with van der Waals surface area (Å²) in [5, 5.41) is 0. The zero-order chi connectivity index (χ0) is 25.8. The standard InChI is InChI=1S/C33H52O2/c1-10-25(21(2)3)12-11-22(4)26-15-19-33(9)29-14-13-27-23(5)30(35-24(6)34)17-18-31(27,7)28(29)16-20-32(26,33)8/h10,14,16,21-23,26-27,30H,11-13,15,17-20H2,1-9H3. The maximum absolute atomic E-state index is 11.7. The minimum Gasteiger partial charge on any atom is -0.462 e. The van der Waals surface area contributed by atoms with Crippen molar-refractivity contribution in [2.75, 3.05) is 0 Å². The van der Waals surface area contributed by atoms with Gasteiger partial charge in [-0.15, -0.1) is 0 Å². The summed E-state index contributed by atoms with van der Waals surface area (Å²) in [5.74, 6) is 3.07. The Hall–Kier alpha value is -1.31. The predicted octanol–water partition coefficient (Wildman–Crippen LogP) is 9.07. The van der Waals surface area contributed by atoms with E-state index in [4.69, 9.17) is 4.74 Å². The van der Waals surface area contributed by atoms with E-state index in [0.717, 1.165) is 31.1 Å². The molecule has 4 rings (SSSR count). The smallest absolute Gasteiger partial charge is 0.302 e. The van der Waals surface area contributed by atoms with Crippen molar-refractivity contribution in [1.29, 1.82) is 0 Å². The molecule has 0 aromatic rings. The van der Waals surface area contributed by atoms with E-state index in [-0.39, 0.29) is 22.9 Å². The summed E-state index contributed by atoms with van der Waals surface area (Å²) in [6, 6.07) is 0. The third-order valence-electron chi connectivity index (χ3n) is 11.8. The van der Waals surface area contributed by atoms with Crippen LogP contribution in [0.25, 0.3) is 0 Å². The number of fused-ring (bicyclic) bond motifs is 5. The first kappa shape index (κ1) is 26.7. The lowest BCUT2D eigenvalue weighted by Gasteiger charge is -2.59. The first-order valence-electron chi connectivity index (χ1n) is 14.6. The number of allylic oxidation sites excluding steroid dienone is 6. The molecular formula is C33H52O2. The van der Waals surface area contributed by atoms with Crippen LogP contribution >= 0.6 is 0 Å². The number of hydrogen-bond donors (Lipinski definition) is 0. The Morgan fingerprint density at radius 3 is 2.46 bits per heavy atom. The molecule has 0 aromatic carbocycles. The van der Waals surface area contributed by atoms with Crippen molar-refractivity contribution >= 4 is 5.97 Å². The molecule has 0 radical (unpaired) electrons. The Labute approximate surface area is 216 Å². The molecule has 4 aliphatic carbocycles. The highest BCUT2D eigenvalue weighted by Crippen LogP contribution is 2.71. The van der Waals surface area contributed by atoms with Gasteiger partial charge in [-0.1, -0.05) is 72.3 Å². The van der Waals surface area contributed by atoms with Crippen LogP contribution in [0.15, 0.2) is 34.9 Å². The van der Waals surface area contributed by atoms with Gasteiger partial charge in [-0.05, 0) is 115 Å². The van der Waals surface area contributed by atoms with Gasteiger partial charge in [0.25, 0.3) is 0 Å². The SMILES string of the molecule is CC=C(CCC(C)C1CCC2(C)C3=CCC4C(C)C(OC(C)=O)CCC4(C)C3=CCC12C)C(C)C. The van der Waals surface area contributed by atoms with E-state index >= 15 is 0 Å². The van der Waals surface area contributed by atoms with Gasteiger partial charge in [-0.25, -0.2) is 0 Å². The molecule has 0 heterocycles. The molecule has 0 bridgehead atoms. The minimum atomic E-state index is -0.126. The largest absolute Gasteiger partial charge is 0.462 e. The average Bonchev–Trinajstić information content (AvgIpc) is 3.07. The lowest BCUT2D eigenvalue weighted by molar-refractivity contribution is -0.155. The quantitative estimate of drug-likeness (QED) is 0.280. The summed E-state index contributed by atoms with van der Waals surface area (Å²) in [4.78, 5) is 11.7. The van der Waals surface area contributed by atoms with Crippen LogP contribution in [-0.4, -0.2) is 12.1 Å². The van der Waals surface area contributed by atoms with Gasteiger partial charge in [-0.3, -0.25) is 4.79 Å². The van der Waals surface area contributed by atoms with Gasteiger partial charge in [0, 0.05) is 6.92 Å². The van der Waals surface area contributed by atoms with E-state index in [1.165, 1.54) is 32.1 Å². The minimum absolute atomic E-state index is 0.0789. The summed E-state index contributed by atoms with van der Waals surface area (Å²) < 4.78 is 5.76. The van der Waals surface area contributed by atoms with Gasteiger partial charge in [0.15, 0.2) is 0 Å². The summed E-state index contributed by atoms with van der Waals surface area (Å²) >= 11 is 0. The van der Waals surface area contributed by atoms with Crippen molar-refractivity contribution in [2.45, 2.75) is 120 Å². The lowest BCUT2D eigenvalue weighted by Crippen LogP contribution is -2.51. The van der Waals surface area contributed by atoms with Crippen LogP contribution in [0.1, 0.15) is 114 Å². The van der Waals surface area contributed by atoms with E-state index in [9.17, 15) is 4.79 Å². The van der Waals surface area contributed by atoms with Crippen LogP contribution in [0.5, 0.6) is 0 Å². The molecule has 35 heavy (non-hydrogen) atoms. The van der Waals surface area contributed by atoms with Gasteiger partial charge in [0.05, 0.1) is 0 Å². The zero-order valence-corrected chi connectivity index (χ0v) is 24.2. The van der Waals surface area contributed by atoms with Crippen molar-refractivity contribution < 1.29 is 9.53 Å². The van der Waals surface area contributed by atoms with Gasteiger partial charge in [0.1, 0.15) is 6.10 Å². The number of rotatable bonds is 6. The highest BCUT2D eigenvalue weighted by atomic mass is 16.5. The summed E-state index contributed by atoms with van der Waals surface area (Å²) in [6.45, 7) is 21.1. The Morgan fingerprint density at radius 2 is 1.83 bits per heavy atom. The second kappa shape index (κ2) is 9.53. The molecule has 0 aliphatic heterocycles. The molecule has 0 aromatic heterocycles. The molecule has 0 saturated heterocycles. The molecule has 0 N–H and O–H groups in total. The molecule has 8 atom stereocenters. The molecule has 4 aliphatic rings. The maximum Gasteiger partial charge on any atom is 0.302 e. The van der Waals surface area contributed by atoms with Gasteiger partial charge >= 0.3 is 5.97 Å². The summed E-state index contributed by atoms with van der Waals surface area (Å²) in [7, 11) is 0. The second-order valence-corrected chi connectivity index (χ2v) is 13.7. The van der Waals surface area contributed by atoms with Crippen molar-refractivity contribution in [2.24, 2.45) is 45.8 Å². The normalized spacial score (nSPS) is 41.9. The number of hydrogen-bond acceptors (Lipinski definition) is 2. The fourth-order valence-electron chi connectivity index (χ4n) is 9.31. The van der Waals surface area contributed by atoms with Crippen molar-refractivity contribution in [1.82, 2.24) is 0 Å². The molecule has 2 saturated carbocycles. The second-order valence-electron chi connectivity index (χ2n) is 13.7. The maximum atomic E-state index is 11.7. The average molecular weight is 481 g/mol. The first-order chi connectivity index (χ1) is 16.4. The molecule has 0 spiro atoms. The molecular weight excluding hydrogens is 428 g/mol. The number of carbonyl (C=O) groups excluding carboxylic acids is 1. The third-order valence-corrected chi connectivity index (χ3v) is 11.8. The van der Waals surface area contributed by atoms with Crippen molar-refractivity contribution in [3.8, 4) is 0 Å². The van der Waals surface area contributed by atoms with E-state index < -0.39 is 0 Å². The number of carbonyl (C=O) groups is 1. The van der Waals surface area contributed by atoms with Gasteiger partial charge in [0.2, 0.25) is 0 Å². The van der Waals surface area contributed by atoms with Crippen LogP contribution in [0.2, 0.25) is 0 Å². The van der Waals surface area contributed by atoms with Crippen LogP contribution in [0, 0.1) is 45.8 Å². The van der Waals surface area contributed by atoms with E-state index in [0.29, 0.717) is 23.2 Å². The number of esters is 1. The monoisotopic (exact) mass is 480 g/mol. The molecule has 2 fully saturated rings. The third kappa shape index (κ3) is 4.19. The van der Waals surface area contributed by atoms with Crippen LogP contribution < -0.4 is 0 Å². The van der Waals surface area contributed by atoms with Gasteiger partial charge in [-0.2, -0.15) is 0 Å². The predicted molar refractivity (Wildman–Crippen MR) is 147 cm³/mol. The summed E-state index contributed by atoms with van der Waals surface area (Å²) in [6.07, 6.45) is 17.5. The molecule has 2 heteroatoms. The Morgan fingerprint density at radius 1 is 1.11 bits per heavy atom. The van der Waals surface area contributed by atoms with E-state index in [1.807, 2.05) is 0 Å². The van der Waals surface area contributed by atoms with Crippen molar-refractivity contribution in [3.05, 3.63) is 34.9 Å². The first-order valence-corrected chi connectivity index (χ1v) is 14.6. The Kier molecular flexibility index (Phi) is 7.28. The van der Waals surface area contributed by atoms with Crippen LogP contribution in [0.4, 0.5) is 0 Å². The fourth-order valence-corrected chi connectivity index (χ4v) is 9.31. The van der Waals surface area contributed by atoms with E-state index in [1.54, 1.807) is 23.6 Å². The topological polar surface area (TPSA) is 26.3 Å². The number of ether oxygens (including phenoxy) is 1. The Bertz CT molecular complexity index is 921. The van der Waals surface area contributed by atoms with Crippen LogP contribution in [0.3, 0.4) is 0 Å². The van der Waals surface area contributed by atoms with Crippen LogP contribution in [-0.2, 0) is 9.53 Å². The molecule has 0 amide bonds. The zero-order valence-electron chi connectivity index (χ0n) is 24.2. The highest BCUT2D eigenvalue weighted by molar-refractivity contribution is 5.66.